The quantitative estimate of drug-likeness (QED) is 0.837. The summed E-state index contributed by atoms with van der Waals surface area (Å²) in [5, 5.41) is 0.253. The lowest BCUT2D eigenvalue weighted by atomic mass is 10.2. The van der Waals surface area contributed by atoms with Gasteiger partial charge in [-0.15, -0.1) is 0 Å². The Bertz CT molecular complexity index is 442. The van der Waals surface area contributed by atoms with Crippen LogP contribution in [0.15, 0.2) is 0 Å². The van der Waals surface area contributed by atoms with Crippen molar-refractivity contribution in [1.82, 2.24) is 19.9 Å². The molecule has 1 aliphatic heterocycles. The molecule has 0 radical (unpaired) electrons. The Morgan fingerprint density at radius 1 is 1.10 bits per heavy atom. The van der Waals surface area contributed by atoms with Crippen LogP contribution in [0.2, 0.25) is 5.28 Å². The van der Waals surface area contributed by atoms with Crippen molar-refractivity contribution in [2.75, 3.05) is 56.6 Å². The van der Waals surface area contributed by atoms with E-state index in [9.17, 15) is 0 Å². The normalized spacial score (nSPS) is 16.8. The Labute approximate surface area is 125 Å². The summed E-state index contributed by atoms with van der Waals surface area (Å²) in [5.41, 5.74) is 0. The summed E-state index contributed by atoms with van der Waals surface area (Å²) in [6.07, 6.45) is 0. The van der Waals surface area contributed by atoms with Crippen molar-refractivity contribution >= 4 is 23.5 Å². The average molecular weight is 299 g/mol. The molecule has 0 bridgehead atoms. The van der Waals surface area contributed by atoms with Gasteiger partial charge in [0.2, 0.25) is 17.2 Å². The molecule has 2 heterocycles. The van der Waals surface area contributed by atoms with Crippen LogP contribution in [0.3, 0.4) is 0 Å². The van der Waals surface area contributed by atoms with Crippen LogP contribution < -0.4 is 9.80 Å². The molecule has 1 aliphatic rings. The SMILES string of the molecule is CC(C)CN1CCN(c2nc(Cl)nc(N(C)C)n2)CC1. The molecule has 1 saturated heterocycles. The van der Waals surface area contributed by atoms with Gasteiger partial charge in [0.15, 0.2) is 0 Å². The first-order valence-electron chi connectivity index (χ1n) is 7.02. The van der Waals surface area contributed by atoms with E-state index in [1.807, 2.05) is 19.0 Å². The maximum absolute atomic E-state index is 5.98. The second-order valence-corrected chi connectivity index (χ2v) is 6.12. The lowest BCUT2D eigenvalue weighted by Crippen LogP contribution is -2.48. The molecule has 20 heavy (non-hydrogen) atoms. The molecule has 0 aliphatic carbocycles. The monoisotopic (exact) mass is 298 g/mol. The van der Waals surface area contributed by atoms with Gasteiger partial charge >= 0.3 is 0 Å². The zero-order valence-electron chi connectivity index (χ0n) is 12.7. The summed E-state index contributed by atoms with van der Waals surface area (Å²) in [6.45, 7) is 9.59. The predicted octanol–water partition coefficient (Wildman–Crippen LogP) is 1.37. The molecule has 0 saturated carbocycles. The van der Waals surface area contributed by atoms with Gasteiger partial charge < -0.3 is 9.80 Å². The van der Waals surface area contributed by atoms with E-state index in [2.05, 4.69) is 38.6 Å². The predicted molar refractivity (Wildman–Crippen MR) is 82.7 cm³/mol. The molecule has 0 spiro atoms. The van der Waals surface area contributed by atoms with Gasteiger partial charge in [0.05, 0.1) is 0 Å². The largest absolute Gasteiger partial charge is 0.347 e. The molecular formula is C13H23ClN6. The fraction of sp³-hybridized carbons (Fsp3) is 0.769. The molecular weight excluding hydrogens is 276 g/mol. The molecule has 0 N–H and O–H groups in total. The first-order chi connectivity index (χ1) is 9.45. The average Bonchev–Trinajstić information content (AvgIpc) is 2.38. The Morgan fingerprint density at radius 3 is 2.30 bits per heavy atom. The number of anilines is 2. The minimum Gasteiger partial charge on any atom is -0.347 e. The third-order valence-corrected chi connectivity index (χ3v) is 3.43. The highest BCUT2D eigenvalue weighted by Gasteiger charge is 2.20. The van der Waals surface area contributed by atoms with Gasteiger partial charge in [0, 0.05) is 46.8 Å². The van der Waals surface area contributed by atoms with Crippen LogP contribution >= 0.6 is 11.6 Å². The first kappa shape index (κ1) is 15.3. The third-order valence-electron chi connectivity index (χ3n) is 3.26. The van der Waals surface area contributed by atoms with Crippen molar-refractivity contribution in [3.05, 3.63) is 5.28 Å². The number of hydrogen-bond donors (Lipinski definition) is 0. The number of hydrogen-bond acceptors (Lipinski definition) is 6. The summed E-state index contributed by atoms with van der Waals surface area (Å²) >= 11 is 5.98. The molecule has 6 nitrogen and oxygen atoms in total. The van der Waals surface area contributed by atoms with Crippen molar-refractivity contribution in [1.29, 1.82) is 0 Å². The van der Waals surface area contributed by atoms with E-state index in [4.69, 9.17) is 11.6 Å². The van der Waals surface area contributed by atoms with Crippen molar-refractivity contribution in [2.24, 2.45) is 5.92 Å². The lowest BCUT2D eigenvalue weighted by Gasteiger charge is -2.35. The van der Waals surface area contributed by atoms with E-state index in [1.165, 1.54) is 0 Å². The summed E-state index contributed by atoms with van der Waals surface area (Å²) < 4.78 is 0. The van der Waals surface area contributed by atoms with Crippen LogP contribution in [0.4, 0.5) is 11.9 Å². The number of rotatable bonds is 4. The summed E-state index contributed by atoms with van der Waals surface area (Å²) in [5.74, 6) is 1.98. The molecule has 0 unspecified atom stereocenters. The highest BCUT2D eigenvalue weighted by atomic mass is 35.5. The van der Waals surface area contributed by atoms with E-state index in [0.717, 1.165) is 32.7 Å². The minimum absolute atomic E-state index is 0.253. The lowest BCUT2D eigenvalue weighted by molar-refractivity contribution is 0.230. The van der Waals surface area contributed by atoms with E-state index in [0.29, 0.717) is 17.8 Å². The minimum atomic E-state index is 0.253. The van der Waals surface area contributed by atoms with Crippen LogP contribution in [0.1, 0.15) is 13.8 Å². The first-order valence-corrected chi connectivity index (χ1v) is 7.39. The standard InChI is InChI=1S/C13H23ClN6/c1-10(2)9-19-5-7-20(8-6-19)13-16-11(14)15-12(17-13)18(3)4/h10H,5-9H2,1-4H3. The van der Waals surface area contributed by atoms with Crippen LogP contribution in [0, 0.1) is 5.92 Å². The van der Waals surface area contributed by atoms with Gasteiger partial charge in [0.1, 0.15) is 0 Å². The Hall–Kier alpha value is -1.14. The van der Waals surface area contributed by atoms with Gasteiger partial charge in [0.25, 0.3) is 0 Å². The maximum atomic E-state index is 5.98. The van der Waals surface area contributed by atoms with Crippen LogP contribution in [-0.4, -0.2) is 66.7 Å². The van der Waals surface area contributed by atoms with E-state index < -0.39 is 0 Å². The van der Waals surface area contributed by atoms with Gasteiger partial charge in [-0.25, -0.2) is 0 Å². The maximum Gasteiger partial charge on any atom is 0.231 e. The Morgan fingerprint density at radius 2 is 1.75 bits per heavy atom. The summed E-state index contributed by atoms with van der Waals surface area (Å²) in [7, 11) is 3.80. The number of aromatic nitrogens is 3. The fourth-order valence-electron chi connectivity index (χ4n) is 2.32. The second kappa shape index (κ2) is 6.54. The molecule has 0 aromatic carbocycles. The zero-order chi connectivity index (χ0) is 14.7. The Balaban J connectivity index is 2.03. The topological polar surface area (TPSA) is 48.4 Å². The number of halogens is 1. The van der Waals surface area contributed by atoms with Gasteiger partial charge in [-0.3, -0.25) is 4.90 Å². The Kier molecular flexibility index (Phi) is 4.99. The molecule has 1 aromatic heterocycles. The number of nitrogens with zero attached hydrogens (tertiary/aromatic N) is 6. The van der Waals surface area contributed by atoms with Crippen molar-refractivity contribution in [2.45, 2.75) is 13.8 Å². The molecule has 7 heteroatoms. The highest BCUT2D eigenvalue weighted by molar-refractivity contribution is 6.28. The van der Waals surface area contributed by atoms with Gasteiger partial charge in [-0.05, 0) is 17.5 Å². The molecule has 0 atom stereocenters. The fourth-order valence-corrected chi connectivity index (χ4v) is 2.47. The van der Waals surface area contributed by atoms with E-state index >= 15 is 0 Å². The van der Waals surface area contributed by atoms with E-state index in [-0.39, 0.29) is 5.28 Å². The molecule has 0 amide bonds. The van der Waals surface area contributed by atoms with Gasteiger partial charge in [-0.2, -0.15) is 15.0 Å². The summed E-state index contributed by atoms with van der Waals surface area (Å²) in [4.78, 5) is 19.3. The second-order valence-electron chi connectivity index (χ2n) is 5.78. The van der Waals surface area contributed by atoms with Crippen LogP contribution in [-0.2, 0) is 0 Å². The van der Waals surface area contributed by atoms with E-state index in [1.54, 1.807) is 0 Å². The smallest absolute Gasteiger partial charge is 0.231 e. The van der Waals surface area contributed by atoms with Crippen LogP contribution in [0.25, 0.3) is 0 Å². The highest BCUT2D eigenvalue weighted by Crippen LogP contribution is 2.17. The number of piperazine rings is 1. The molecule has 1 aromatic rings. The third kappa shape index (κ3) is 3.93. The van der Waals surface area contributed by atoms with Gasteiger partial charge in [-0.1, -0.05) is 13.8 Å². The van der Waals surface area contributed by atoms with Crippen molar-refractivity contribution in [3.8, 4) is 0 Å². The van der Waals surface area contributed by atoms with Crippen molar-refractivity contribution in [3.63, 3.8) is 0 Å². The van der Waals surface area contributed by atoms with Crippen molar-refractivity contribution < 1.29 is 0 Å². The molecule has 2 rings (SSSR count). The molecule has 1 fully saturated rings. The molecule has 112 valence electrons. The van der Waals surface area contributed by atoms with Crippen LogP contribution in [0.5, 0.6) is 0 Å². The zero-order valence-corrected chi connectivity index (χ0v) is 13.4. The summed E-state index contributed by atoms with van der Waals surface area (Å²) in [6, 6.07) is 0.